The second-order valence-corrected chi connectivity index (χ2v) is 3.43. The minimum atomic E-state index is 0.303. The first kappa shape index (κ1) is 7.59. The van der Waals surface area contributed by atoms with Crippen molar-refractivity contribution in [3.63, 3.8) is 0 Å². The Balaban J connectivity index is 2.28. The zero-order chi connectivity index (χ0) is 8.55. The number of fused-ring (bicyclic) bond motifs is 1. The van der Waals surface area contributed by atoms with E-state index in [9.17, 15) is 4.79 Å². The van der Waals surface area contributed by atoms with E-state index in [4.69, 9.17) is 0 Å². The molecule has 0 aromatic rings. The third kappa shape index (κ3) is 1.07. The lowest BCUT2D eigenvalue weighted by atomic mass is 9.97. The van der Waals surface area contributed by atoms with Crippen LogP contribution in [-0.4, -0.2) is 16.7 Å². The van der Waals surface area contributed by atoms with Crippen LogP contribution in [0.25, 0.3) is 0 Å². The number of carbonyl (C=O) groups is 1. The van der Waals surface area contributed by atoms with Crippen LogP contribution in [0.2, 0.25) is 0 Å². The molecule has 2 rings (SSSR count). The summed E-state index contributed by atoms with van der Waals surface area (Å²) in [4.78, 5) is 13.5. The molecular weight excluding hydrogens is 150 g/mol. The van der Waals surface area contributed by atoms with E-state index in [1.165, 1.54) is 0 Å². The average molecular weight is 163 g/mol. The number of rotatable bonds is 0. The Bertz CT molecular complexity index is 265. The van der Waals surface area contributed by atoms with Crippen molar-refractivity contribution in [1.29, 1.82) is 0 Å². The van der Waals surface area contributed by atoms with Gasteiger partial charge in [-0.3, -0.25) is 4.79 Å². The van der Waals surface area contributed by atoms with Crippen LogP contribution < -0.4 is 0 Å². The first-order valence-electron chi connectivity index (χ1n) is 4.47. The van der Waals surface area contributed by atoms with Crippen molar-refractivity contribution in [1.82, 2.24) is 4.90 Å². The summed E-state index contributed by atoms with van der Waals surface area (Å²) in [5.41, 5.74) is 0.913. The molecule has 0 aromatic heterocycles. The van der Waals surface area contributed by atoms with Crippen molar-refractivity contribution in [3.05, 3.63) is 24.0 Å². The van der Waals surface area contributed by atoms with Gasteiger partial charge in [-0.25, -0.2) is 0 Å². The number of allylic oxidation sites excluding steroid dienone is 3. The van der Waals surface area contributed by atoms with Gasteiger partial charge in [0.15, 0.2) is 5.78 Å². The van der Waals surface area contributed by atoms with Crippen molar-refractivity contribution in [2.75, 3.05) is 0 Å². The van der Waals surface area contributed by atoms with Crippen LogP contribution in [0.5, 0.6) is 0 Å². The van der Waals surface area contributed by atoms with Crippen molar-refractivity contribution in [2.45, 2.75) is 32.2 Å². The number of hydrogen-bond acceptors (Lipinski definition) is 2. The highest BCUT2D eigenvalue weighted by molar-refractivity contribution is 5.95. The van der Waals surface area contributed by atoms with E-state index < -0.39 is 0 Å². The van der Waals surface area contributed by atoms with Crippen LogP contribution in [0.3, 0.4) is 0 Å². The third-order valence-electron chi connectivity index (χ3n) is 2.54. The van der Waals surface area contributed by atoms with Crippen LogP contribution >= 0.6 is 0 Å². The van der Waals surface area contributed by atoms with Gasteiger partial charge in [0, 0.05) is 18.7 Å². The normalized spacial score (nSPS) is 28.4. The van der Waals surface area contributed by atoms with Crippen molar-refractivity contribution < 1.29 is 4.79 Å². The fraction of sp³-hybridized carbons (Fsp3) is 0.500. The van der Waals surface area contributed by atoms with Crippen LogP contribution in [0.4, 0.5) is 0 Å². The van der Waals surface area contributed by atoms with Crippen LogP contribution in [0.1, 0.15) is 26.2 Å². The van der Waals surface area contributed by atoms with Crippen LogP contribution in [0.15, 0.2) is 24.0 Å². The maximum atomic E-state index is 11.4. The van der Waals surface area contributed by atoms with Gasteiger partial charge in [0.2, 0.25) is 0 Å². The Morgan fingerprint density at radius 3 is 3.17 bits per heavy atom. The van der Waals surface area contributed by atoms with E-state index in [1.54, 1.807) is 0 Å². The lowest BCUT2D eigenvalue weighted by Gasteiger charge is -2.35. The number of piperidine rings is 1. The standard InChI is InChI=1S/C10H13NO/c1-8-5-6-10(12)9-4-2-3-7-11(8)9/h3-4,7-8H,2,5-6H2,1H3. The summed E-state index contributed by atoms with van der Waals surface area (Å²) in [5, 5.41) is 0. The zero-order valence-electron chi connectivity index (χ0n) is 7.29. The van der Waals surface area contributed by atoms with E-state index >= 15 is 0 Å². The summed E-state index contributed by atoms with van der Waals surface area (Å²) in [7, 11) is 0. The molecule has 1 atom stereocenters. The molecule has 1 fully saturated rings. The van der Waals surface area contributed by atoms with E-state index in [-0.39, 0.29) is 0 Å². The summed E-state index contributed by atoms with van der Waals surface area (Å²) < 4.78 is 0. The van der Waals surface area contributed by atoms with E-state index in [2.05, 4.69) is 17.9 Å². The number of carbonyl (C=O) groups excluding carboxylic acids is 1. The Hall–Kier alpha value is -1.05. The molecule has 0 saturated carbocycles. The lowest BCUT2D eigenvalue weighted by Crippen LogP contribution is -2.37. The van der Waals surface area contributed by atoms with E-state index in [0.29, 0.717) is 11.8 Å². The molecule has 2 heteroatoms. The number of nitrogens with zero attached hydrogens (tertiary/aromatic N) is 1. The molecule has 0 aromatic carbocycles. The highest BCUT2D eigenvalue weighted by atomic mass is 16.1. The molecule has 0 aliphatic carbocycles. The number of hydrogen-bond donors (Lipinski definition) is 0. The smallest absolute Gasteiger partial charge is 0.178 e. The van der Waals surface area contributed by atoms with Gasteiger partial charge >= 0.3 is 0 Å². The monoisotopic (exact) mass is 163 g/mol. The molecular formula is C10H13NO. The minimum absolute atomic E-state index is 0.303. The van der Waals surface area contributed by atoms with Gasteiger partial charge in [0.05, 0.1) is 5.70 Å². The van der Waals surface area contributed by atoms with E-state index in [1.807, 2.05) is 12.3 Å². The summed E-state index contributed by atoms with van der Waals surface area (Å²) in [6.45, 7) is 2.16. The van der Waals surface area contributed by atoms with Crippen molar-refractivity contribution in [2.24, 2.45) is 0 Å². The van der Waals surface area contributed by atoms with Gasteiger partial charge in [-0.2, -0.15) is 0 Å². The first-order chi connectivity index (χ1) is 5.79. The van der Waals surface area contributed by atoms with Gasteiger partial charge in [0.25, 0.3) is 0 Å². The quantitative estimate of drug-likeness (QED) is 0.543. The molecule has 12 heavy (non-hydrogen) atoms. The molecule has 1 saturated heterocycles. The largest absolute Gasteiger partial charge is 0.343 e. The zero-order valence-corrected chi connectivity index (χ0v) is 7.29. The average Bonchev–Trinajstić information content (AvgIpc) is 2.12. The topological polar surface area (TPSA) is 20.3 Å². The Morgan fingerprint density at radius 2 is 2.42 bits per heavy atom. The molecule has 2 aliphatic rings. The van der Waals surface area contributed by atoms with Gasteiger partial charge in [-0.1, -0.05) is 12.2 Å². The van der Waals surface area contributed by atoms with Gasteiger partial charge in [0.1, 0.15) is 0 Å². The second-order valence-electron chi connectivity index (χ2n) is 3.43. The van der Waals surface area contributed by atoms with Gasteiger partial charge < -0.3 is 4.90 Å². The lowest BCUT2D eigenvalue weighted by molar-refractivity contribution is -0.118. The Morgan fingerprint density at radius 1 is 1.58 bits per heavy atom. The SMILES string of the molecule is CC1CCC(=O)C2=CCC=CN21. The maximum Gasteiger partial charge on any atom is 0.178 e. The molecule has 1 unspecified atom stereocenters. The summed E-state index contributed by atoms with van der Waals surface area (Å²) in [6, 6.07) is 0.491. The Labute approximate surface area is 72.6 Å². The molecule has 0 radical (unpaired) electrons. The molecule has 0 bridgehead atoms. The first-order valence-corrected chi connectivity index (χ1v) is 4.47. The number of Topliss-reactive ketones (excluding diaryl/α,β-unsaturated/α-hetero) is 1. The van der Waals surface area contributed by atoms with Crippen LogP contribution in [0, 0.1) is 0 Å². The Kier molecular flexibility index (Phi) is 1.75. The second kappa shape index (κ2) is 2.77. The number of ketones is 1. The molecule has 2 nitrogen and oxygen atoms in total. The highest BCUT2D eigenvalue weighted by Gasteiger charge is 2.26. The maximum absolute atomic E-state index is 11.4. The molecule has 0 N–H and O–H groups in total. The van der Waals surface area contributed by atoms with Gasteiger partial charge in [-0.05, 0) is 19.8 Å². The van der Waals surface area contributed by atoms with Crippen molar-refractivity contribution in [3.8, 4) is 0 Å². The predicted octanol–water partition coefficient (Wildman–Crippen LogP) is 1.84. The van der Waals surface area contributed by atoms with Gasteiger partial charge in [-0.15, -0.1) is 0 Å². The van der Waals surface area contributed by atoms with E-state index in [0.717, 1.165) is 25.0 Å². The molecule has 2 aliphatic heterocycles. The molecule has 0 spiro atoms. The molecule has 0 amide bonds. The fourth-order valence-corrected chi connectivity index (χ4v) is 1.79. The third-order valence-corrected chi connectivity index (χ3v) is 2.54. The fourth-order valence-electron chi connectivity index (χ4n) is 1.79. The summed E-state index contributed by atoms with van der Waals surface area (Å²) in [5.74, 6) is 0.303. The highest BCUT2D eigenvalue weighted by Crippen LogP contribution is 2.26. The molecule has 2 heterocycles. The van der Waals surface area contributed by atoms with Crippen LogP contribution in [-0.2, 0) is 4.79 Å². The summed E-state index contributed by atoms with van der Waals surface area (Å²) in [6.07, 6.45) is 8.77. The molecule has 64 valence electrons. The predicted molar refractivity (Wildman–Crippen MR) is 47.4 cm³/mol. The van der Waals surface area contributed by atoms with Crippen molar-refractivity contribution >= 4 is 5.78 Å². The minimum Gasteiger partial charge on any atom is -0.343 e. The summed E-state index contributed by atoms with van der Waals surface area (Å²) >= 11 is 0.